The van der Waals surface area contributed by atoms with E-state index in [4.69, 9.17) is 10.5 Å². The number of hydrogen-bond acceptors (Lipinski definition) is 4. The highest BCUT2D eigenvalue weighted by atomic mass is 32.2. The second kappa shape index (κ2) is 6.42. The molecule has 2 rings (SSSR count). The van der Waals surface area contributed by atoms with E-state index in [-0.39, 0.29) is 5.25 Å². The third kappa shape index (κ3) is 3.03. The fourth-order valence-electron chi connectivity index (χ4n) is 1.75. The molecule has 1 unspecified atom stereocenters. The van der Waals surface area contributed by atoms with Crippen molar-refractivity contribution in [1.82, 2.24) is 4.98 Å². The molecule has 0 saturated heterocycles. The standard InChI is InChI=1S/C14H16N2OS/c1-17-13-5-3-2-4-12(13)14(10-15)18-11-6-8-16-9-7-11/h2-9,14H,10,15H2,1H3. The Morgan fingerprint density at radius 3 is 2.61 bits per heavy atom. The SMILES string of the molecule is COc1ccccc1C(CN)Sc1ccncc1. The van der Waals surface area contributed by atoms with E-state index >= 15 is 0 Å². The van der Waals surface area contributed by atoms with Crippen LogP contribution in [0.5, 0.6) is 5.75 Å². The fraction of sp³-hybridized carbons (Fsp3) is 0.214. The van der Waals surface area contributed by atoms with Crippen LogP contribution in [0.2, 0.25) is 0 Å². The number of para-hydroxylation sites is 1. The highest BCUT2D eigenvalue weighted by Crippen LogP contribution is 2.38. The van der Waals surface area contributed by atoms with E-state index in [1.807, 2.05) is 30.3 Å². The summed E-state index contributed by atoms with van der Waals surface area (Å²) in [5, 5.41) is 0.184. The first kappa shape index (κ1) is 12.9. The molecule has 94 valence electrons. The monoisotopic (exact) mass is 260 g/mol. The summed E-state index contributed by atoms with van der Waals surface area (Å²) in [6.45, 7) is 0.563. The number of benzene rings is 1. The van der Waals surface area contributed by atoms with Gasteiger partial charge in [-0.1, -0.05) is 18.2 Å². The Hall–Kier alpha value is -1.52. The Labute approximate surface area is 111 Å². The lowest BCUT2D eigenvalue weighted by Gasteiger charge is -2.17. The van der Waals surface area contributed by atoms with Crippen LogP contribution in [0.1, 0.15) is 10.8 Å². The van der Waals surface area contributed by atoms with Crippen molar-refractivity contribution >= 4 is 11.8 Å². The molecule has 4 heteroatoms. The van der Waals surface area contributed by atoms with Gasteiger partial charge in [-0.15, -0.1) is 11.8 Å². The van der Waals surface area contributed by atoms with E-state index in [9.17, 15) is 0 Å². The molecule has 18 heavy (non-hydrogen) atoms. The number of aromatic nitrogens is 1. The van der Waals surface area contributed by atoms with Gasteiger partial charge < -0.3 is 10.5 Å². The molecule has 0 spiro atoms. The highest BCUT2D eigenvalue weighted by Gasteiger charge is 2.15. The van der Waals surface area contributed by atoms with E-state index < -0.39 is 0 Å². The van der Waals surface area contributed by atoms with Crippen molar-refractivity contribution in [2.75, 3.05) is 13.7 Å². The van der Waals surface area contributed by atoms with Gasteiger partial charge in [0.1, 0.15) is 5.75 Å². The maximum atomic E-state index is 5.88. The van der Waals surface area contributed by atoms with Gasteiger partial charge in [-0.2, -0.15) is 0 Å². The molecule has 1 aromatic heterocycles. The third-order valence-corrected chi connectivity index (χ3v) is 3.90. The molecule has 1 aromatic carbocycles. The number of thioether (sulfide) groups is 1. The van der Waals surface area contributed by atoms with Crippen molar-refractivity contribution in [2.24, 2.45) is 5.73 Å². The van der Waals surface area contributed by atoms with Gasteiger partial charge in [-0.25, -0.2) is 0 Å². The molecular weight excluding hydrogens is 244 g/mol. The molecule has 0 aliphatic carbocycles. The van der Waals surface area contributed by atoms with E-state index in [1.54, 1.807) is 31.3 Å². The van der Waals surface area contributed by atoms with Crippen molar-refractivity contribution in [2.45, 2.75) is 10.1 Å². The van der Waals surface area contributed by atoms with Crippen LogP contribution in [0, 0.1) is 0 Å². The van der Waals surface area contributed by atoms with Crippen molar-refractivity contribution in [3.05, 3.63) is 54.4 Å². The molecule has 0 amide bonds. The normalized spacial score (nSPS) is 12.1. The second-order valence-corrected chi connectivity index (χ2v) is 5.04. The lowest BCUT2D eigenvalue weighted by atomic mass is 10.1. The summed E-state index contributed by atoms with van der Waals surface area (Å²) in [5.41, 5.74) is 7.01. The zero-order valence-corrected chi connectivity index (χ0v) is 11.1. The Morgan fingerprint density at radius 2 is 1.94 bits per heavy atom. The van der Waals surface area contributed by atoms with Gasteiger partial charge >= 0.3 is 0 Å². The smallest absolute Gasteiger partial charge is 0.123 e. The first-order chi connectivity index (χ1) is 8.85. The lowest BCUT2D eigenvalue weighted by Crippen LogP contribution is -2.10. The van der Waals surface area contributed by atoms with Gasteiger partial charge in [0, 0.05) is 29.4 Å². The van der Waals surface area contributed by atoms with Gasteiger partial charge in [-0.3, -0.25) is 4.98 Å². The van der Waals surface area contributed by atoms with Crippen molar-refractivity contribution in [1.29, 1.82) is 0 Å². The van der Waals surface area contributed by atoms with Crippen LogP contribution in [0.15, 0.2) is 53.7 Å². The predicted octanol–water partition coefficient (Wildman–Crippen LogP) is 2.88. The number of nitrogens with zero attached hydrogens (tertiary/aromatic N) is 1. The van der Waals surface area contributed by atoms with E-state index in [1.165, 1.54) is 0 Å². The number of hydrogen-bond donors (Lipinski definition) is 1. The first-order valence-corrected chi connectivity index (χ1v) is 6.62. The summed E-state index contributed by atoms with van der Waals surface area (Å²) in [4.78, 5) is 5.17. The average molecular weight is 260 g/mol. The van der Waals surface area contributed by atoms with Crippen molar-refractivity contribution < 1.29 is 4.74 Å². The third-order valence-electron chi connectivity index (χ3n) is 2.63. The zero-order valence-electron chi connectivity index (χ0n) is 10.2. The highest BCUT2D eigenvalue weighted by molar-refractivity contribution is 7.99. The zero-order chi connectivity index (χ0) is 12.8. The summed E-state index contributed by atoms with van der Waals surface area (Å²) < 4.78 is 5.38. The number of ether oxygens (including phenoxy) is 1. The summed E-state index contributed by atoms with van der Waals surface area (Å²) in [5.74, 6) is 0.884. The number of rotatable bonds is 5. The first-order valence-electron chi connectivity index (χ1n) is 5.75. The van der Waals surface area contributed by atoms with Crippen molar-refractivity contribution in [3.8, 4) is 5.75 Å². The minimum Gasteiger partial charge on any atom is -0.496 e. The van der Waals surface area contributed by atoms with Gasteiger partial charge in [0.15, 0.2) is 0 Å². The Kier molecular flexibility index (Phi) is 4.61. The topological polar surface area (TPSA) is 48.1 Å². The van der Waals surface area contributed by atoms with Crippen LogP contribution in [0.25, 0.3) is 0 Å². The van der Waals surface area contributed by atoms with Crippen LogP contribution >= 0.6 is 11.8 Å². The quantitative estimate of drug-likeness (QED) is 0.840. The molecule has 0 radical (unpaired) electrons. The largest absolute Gasteiger partial charge is 0.496 e. The molecule has 2 N–H and O–H groups in total. The van der Waals surface area contributed by atoms with E-state index in [2.05, 4.69) is 11.1 Å². The maximum absolute atomic E-state index is 5.88. The second-order valence-electron chi connectivity index (χ2n) is 3.77. The molecule has 0 aliphatic rings. The molecule has 0 aliphatic heterocycles. The molecule has 0 fully saturated rings. The maximum Gasteiger partial charge on any atom is 0.123 e. The molecule has 3 nitrogen and oxygen atoms in total. The van der Waals surface area contributed by atoms with Crippen LogP contribution in [-0.2, 0) is 0 Å². The van der Waals surface area contributed by atoms with Gasteiger partial charge in [0.2, 0.25) is 0 Å². The van der Waals surface area contributed by atoms with Crippen LogP contribution < -0.4 is 10.5 Å². The van der Waals surface area contributed by atoms with Crippen molar-refractivity contribution in [3.63, 3.8) is 0 Å². The molecule has 1 heterocycles. The number of nitrogens with two attached hydrogens (primary N) is 1. The minimum absolute atomic E-state index is 0.184. The molecule has 0 saturated carbocycles. The Balaban J connectivity index is 2.23. The summed E-state index contributed by atoms with van der Waals surface area (Å²) in [6.07, 6.45) is 3.58. The Morgan fingerprint density at radius 1 is 1.22 bits per heavy atom. The van der Waals surface area contributed by atoms with Gasteiger partial charge in [0.05, 0.1) is 12.4 Å². The van der Waals surface area contributed by atoms with Crippen LogP contribution in [-0.4, -0.2) is 18.6 Å². The molecule has 1 atom stereocenters. The van der Waals surface area contributed by atoms with Crippen LogP contribution in [0.3, 0.4) is 0 Å². The fourth-order valence-corrected chi connectivity index (χ4v) is 2.78. The Bertz CT molecular complexity index is 490. The molecule has 2 aromatic rings. The lowest BCUT2D eigenvalue weighted by molar-refractivity contribution is 0.409. The number of methoxy groups -OCH3 is 1. The summed E-state index contributed by atoms with van der Waals surface area (Å²) in [6, 6.07) is 12.0. The number of pyridine rings is 1. The molecule has 0 bridgehead atoms. The van der Waals surface area contributed by atoms with Gasteiger partial charge in [-0.05, 0) is 18.2 Å². The van der Waals surface area contributed by atoms with Crippen LogP contribution in [0.4, 0.5) is 0 Å². The van der Waals surface area contributed by atoms with Gasteiger partial charge in [0.25, 0.3) is 0 Å². The summed E-state index contributed by atoms with van der Waals surface area (Å²) in [7, 11) is 1.68. The summed E-state index contributed by atoms with van der Waals surface area (Å²) >= 11 is 1.73. The molecular formula is C14H16N2OS. The average Bonchev–Trinajstić information content (AvgIpc) is 2.46. The van der Waals surface area contributed by atoms with E-state index in [0.717, 1.165) is 16.2 Å². The predicted molar refractivity (Wildman–Crippen MR) is 74.9 cm³/mol. The minimum atomic E-state index is 0.184. The van der Waals surface area contributed by atoms with E-state index in [0.29, 0.717) is 6.54 Å².